The second-order valence-electron chi connectivity index (χ2n) is 4.60. The van der Waals surface area contributed by atoms with Gasteiger partial charge in [0, 0.05) is 13.1 Å². The molecule has 1 aromatic heterocycles. The molecule has 0 N–H and O–H groups in total. The Bertz CT molecular complexity index is 520. The fraction of sp³-hybridized carbons (Fsp3) is 0.538. The Kier molecular flexibility index (Phi) is 5.22. The molecule has 0 aliphatic carbocycles. The van der Waals surface area contributed by atoms with Crippen LogP contribution >= 0.6 is 11.8 Å². The molecule has 1 aliphatic rings. The van der Waals surface area contributed by atoms with Crippen molar-refractivity contribution < 1.29 is 27.5 Å². The summed E-state index contributed by atoms with van der Waals surface area (Å²) in [6.07, 6.45) is 0.549. The molecular formula is C13H15F2NO4S. The number of amides is 1. The molecular weight excluding hydrogens is 304 g/mol. The third-order valence-electron chi connectivity index (χ3n) is 3.23. The number of hydrogen-bond acceptors (Lipinski definition) is 5. The average Bonchev–Trinajstić information content (AvgIpc) is 3.12. The molecule has 1 aliphatic heterocycles. The molecule has 1 unspecified atom stereocenters. The summed E-state index contributed by atoms with van der Waals surface area (Å²) in [5.41, 5.74) is 0. The van der Waals surface area contributed by atoms with Gasteiger partial charge in [-0.15, -0.1) is 0 Å². The maximum atomic E-state index is 12.2. The highest BCUT2D eigenvalue weighted by molar-refractivity contribution is 7.98. The van der Waals surface area contributed by atoms with Crippen molar-refractivity contribution in [1.29, 1.82) is 0 Å². The monoisotopic (exact) mass is 319 g/mol. The minimum absolute atomic E-state index is 0.00966. The zero-order valence-corrected chi connectivity index (χ0v) is 12.2. The SMILES string of the molecule is COC(=O)C1CCN(C(=O)c2ccc(CSC(F)F)o2)C1. The first-order valence-electron chi connectivity index (χ1n) is 6.37. The van der Waals surface area contributed by atoms with Crippen molar-refractivity contribution >= 4 is 23.6 Å². The van der Waals surface area contributed by atoms with E-state index in [2.05, 4.69) is 4.74 Å². The number of ether oxygens (including phenoxy) is 1. The van der Waals surface area contributed by atoms with E-state index in [4.69, 9.17) is 4.42 Å². The summed E-state index contributed by atoms with van der Waals surface area (Å²) in [7, 11) is 1.31. The number of alkyl halides is 2. The molecule has 0 aromatic carbocycles. The Morgan fingerprint density at radius 1 is 1.52 bits per heavy atom. The quantitative estimate of drug-likeness (QED) is 0.780. The van der Waals surface area contributed by atoms with E-state index < -0.39 is 5.76 Å². The van der Waals surface area contributed by atoms with Gasteiger partial charge in [-0.3, -0.25) is 9.59 Å². The van der Waals surface area contributed by atoms with Gasteiger partial charge < -0.3 is 14.1 Å². The first-order chi connectivity index (χ1) is 10.0. The van der Waals surface area contributed by atoms with Crippen molar-refractivity contribution in [3.63, 3.8) is 0 Å². The van der Waals surface area contributed by atoms with E-state index in [9.17, 15) is 18.4 Å². The smallest absolute Gasteiger partial charge is 0.310 e. The van der Waals surface area contributed by atoms with Crippen LogP contribution in [0.3, 0.4) is 0 Å². The largest absolute Gasteiger partial charge is 0.469 e. The van der Waals surface area contributed by atoms with Crippen LogP contribution in [0.5, 0.6) is 0 Å². The lowest BCUT2D eigenvalue weighted by molar-refractivity contribution is -0.144. The summed E-state index contributed by atoms with van der Waals surface area (Å²) in [4.78, 5) is 25.1. The maximum absolute atomic E-state index is 12.2. The Balaban J connectivity index is 1.93. The Morgan fingerprint density at radius 2 is 2.29 bits per heavy atom. The Hall–Kier alpha value is -1.57. The molecule has 1 aromatic rings. The van der Waals surface area contributed by atoms with Crippen molar-refractivity contribution in [1.82, 2.24) is 4.90 Å². The van der Waals surface area contributed by atoms with Gasteiger partial charge in [-0.25, -0.2) is 0 Å². The minimum Gasteiger partial charge on any atom is -0.469 e. The number of thioether (sulfide) groups is 1. The number of carbonyl (C=O) groups is 2. The molecule has 0 bridgehead atoms. The zero-order chi connectivity index (χ0) is 15.4. The molecule has 2 rings (SSSR count). The molecule has 116 valence electrons. The lowest BCUT2D eigenvalue weighted by Crippen LogP contribution is -2.29. The maximum Gasteiger partial charge on any atom is 0.310 e. The zero-order valence-electron chi connectivity index (χ0n) is 11.4. The number of esters is 1. The molecule has 5 nitrogen and oxygen atoms in total. The highest BCUT2D eigenvalue weighted by atomic mass is 32.2. The van der Waals surface area contributed by atoms with Gasteiger partial charge in [0.05, 0.1) is 18.8 Å². The molecule has 1 amide bonds. The molecule has 8 heteroatoms. The highest BCUT2D eigenvalue weighted by Gasteiger charge is 2.33. The molecule has 1 fully saturated rings. The highest BCUT2D eigenvalue weighted by Crippen LogP contribution is 2.24. The van der Waals surface area contributed by atoms with Crippen LogP contribution in [0.2, 0.25) is 0 Å². The summed E-state index contributed by atoms with van der Waals surface area (Å²) in [6, 6.07) is 2.98. The summed E-state index contributed by atoms with van der Waals surface area (Å²) < 4.78 is 34.1. The lowest BCUT2D eigenvalue weighted by Gasteiger charge is -2.14. The predicted octanol–water partition coefficient (Wildman–Crippen LogP) is 2.37. The van der Waals surface area contributed by atoms with Crippen LogP contribution in [-0.4, -0.2) is 42.7 Å². The van der Waals surface area contributed by atoms with Gasteiger partial charge >= 0.3 is 5.97 Å². The molecule has 21 heavy (non-hydrogen) atoms. The number of likely N-dealkylation sites (tertiary alicyclic amines) is 1. The van der Waals surface area contributed by atoms with Crippen molar-refractivity contribution in [3.05, 3.63) is 23.7 Å². The third kappa shape index (κ3) is 3.96. The summed E-state index contributed by atoms with van der Waals surface area (Å²) in [5, 5.41) is 0. The number of hydrogen-bond donors (Lipinski definition) is 0. The number of rotatable bonds is 5. The van der Waals surface area contributed by atoms with E-state index in [1.165, 1.54) is 24.1 Å². The van der Waals surface area contributed by atoms with Crippen LogP contribution in [0, 0.1) is 5.92 Å². The van der Waals surface area contributed by atoms with Gasteiger partial charge in [0.15, 0.2) is 5.76 Å². The van der Waals surface area contributed by atoms with E-state index in [0.29, 0.717) is 30.5 Å². The summed E-state index contributed by atoms with van der Waals surface area (Å²) >= 11 is 0.436. The molecule has 1 saturated heterocycles. The second kappa shape index (κ2) is 6.93. The van der Waals surface area contributed by atoms with Gasteiger partial charge in [-0.05, 0) is 18.6 Å². The minimum atomic E-state index is -2.48. The first-order valence-corrected chi connectivity index (χ1v) is 7.41. The van der Waals surface area contributed by atoms with Crippen LogP contribution in [0.25, 0.3) is 0 Å². The van der Waals surface area contributed by atoms with Crippen LogP contribution in [-0.2, 0) is 15.3 Å². The van der Waals surface area contributed by atoms with Crippen LogP contribution in [0.15, 0.2) is 16.5 Å². The molecule has 1 atom stereocenters. The van der Waals surface area contributed by atoms with Crippen LogP contribution in [0.4, 0.5) is 8.78 Å². The van der Waals surface area contributed by atoms with Crippen LogP contribution in [0.1, 0.15) is 22.7 Å². The molecule has 2 heterocycles. The van der Waals surface area contributed by atoms with Gasteiger partial charge in [0.25, 0.3) is 11.7 Å². The van der Waals surface area contributed by atoms with E-state index in [0.717, 1.165) is 0 Å². The summed E-state index contributed by atoms with van der Waals surface area (Å²) in [5.74, 6) is -3.03. The van der Waals surface area contributed by atoms with E-state index in [1.807, 2.05) is 0 Å². The van der Waals surface area contributed by atoms with Crippen molar-refractivity contribution in [2.24, 2.45) is 5.92 Å². The predicted molar refractivity (Wildman–Crippen MR) is 72.0 cm³/mol. The topological polar surface area (TPSA) is 59.8 Å². The van der Waals surface area contributed by atoms with Crippen LogP contribution < -0.4 is 0 Å². The summed E-state index contributed by atoms with van der Waals surface area (Å²) in [6.45, 7) is 0.730. The normalized spacial score (nSPS) is 18.3. The molecule has 0 radical (unpaired) electrons. The van der Waals surface area contributed by atoms with E-state index in [-0.39, 0.29) is 35.9 Å². The standard InChI is InChI=1S/C13H15F2NO4S/c1-19-12(18)8-4-5-16(6-8)11(17)10-3-2-9(20-10)7-21-13(14)15/h2-3,8,13H,4-7H2,1H3. The number of furan rings is 1. The number of carbonyl (C=O) groups excluding carboxylic acids is 2. The van der Waals surface area contributed by atoms with Gasteiger partial charge in [0.2, 0.25) is 0 Å². The van der Waals surface area contributed by atoms with E-state index in [1.54, 1.807) is 0 Å². The van der Waals surface area contributed by atoms with Gasteiger partial charge in [0.1, 0.15) is 5.76 Å². The Morgan fingerprint density at radius 3 is 2.95 bits per heavy atom. The molecule has 0 saturated carbocycles. The number of halogens is 2. The first kappa shape index (κ1) is 15.8. The number of methoxy groups -OCH3 is 1. The average molecular weight is 319 g/mol. The third-order valence-corrected chi connectivity index (χ3v) is 3.94. The fourth-order valence-electron chi connectivity index (χ4n) is 2.18. The fourth-order valence-corrected chi connectivity index (χ4v) is 2.62. The number of nitrogens with zero attached hydrogens (tertiary/aromatic N) is 1. The van der Waals surface area contributed by atoms with Crippen molar-refractivity contribution in [2.75, 3.05) is 20.2 Å². The van der Waals surface area contributed by atoms with Gasteiger partial charge in [-0.1, -0.05) is 11.8 Å². The van der Waals surface area contributed by atoms with Gasteiger partial charge in [-0.2, -0.15) is 8.78 Å². The second-order valence-corrected chi connectivity index (χ2v) is 5.58. The van der Waals surface area contributed by atoms with Crippen molar-refractivity contribution in [3.8, 4) is 0 Å². The van der Waals surface area contributed by atoms with E-state index >= 15 is 0 Å². The lowest BCUT2D eigenvalue weighted by atomic mass is 10.1. The molecule has 0 spiro atoms. The Labute approximate surface area is 124 Å². The van der Waals surface area contributed by atoms with Crippen molar-refractivity contribution in [2.45, 2.75) is 17.9 Å².